The standard InChI is InChI=1S/C22H28Cl2N2O4S/c1-3-29-10-11-30-9-8-25-31(27,28)18-6-4-16(5-7-18)20-14-26(2)15-21-19(20)12-17(23)13-22(21)24/h4-7,12-13,20,25H,3,8-11,14-15H2,1-2H3. The number of fused-ring (bicyclic) bond motifs is 1. The molecular weight excluding hydrogens is 459 g/mol. The van der Waals surface area contributed by atoms with Gasteiger partial charge in [0.05, 0.1) is 24.7 Å². The van der Waals surface area contributed by atoms with Gasteiger partial charge in [0.1, 0.15) is 0 Å². The van der Waals surface area contributed by atoms with Gasteiger partial charge in [-0.25, -0.2) is 13.1 Å². The van der Waals surface area contributed by atoms with Crippen LogP contribution in [0.5, 0.6) is 0 Å². The molecule has 0 bridgehead atoms. The molecule has 0 aromatic heterocycles. The minimum atomic E-state index is -3.60. The lowest BCUT2D eigenvalue weighted by Gasteiger charge is -2.33. The number of benzene rings is 2. The maximum absolute atomic E-state index is 12.6. The molecule has 0 saturated heterocycles. The number of ether oxygens (including phenoxy) is 2. The fraction of sp³-hybridized carbons (Fsp3) is 0.455. The van der Waals surface area contributed by atoms with E-state index in [1.807, 2.05) is 32.2 Å². The van der Waals surface area contributed by atoms with E-state index >= 15 is 0 Å². The monoisotopic (exact) mass is 486 g/mol. The van der Waals surface area contributed by atoms with Crippen LogP contribution in [0.2, 0.25) is 10.0 Å². The minimum absolute atomic E-state index is 0.0633. The summed E-state index contributed by atoms with van der Waals surface area (Å²) in [5.74, 6) is 0.0633. The third kappa shape index (κ3) is 6.42. The number of nitrogens with one attached hydrogen (secondary N) is 1. The average Bonchev–Trinajstić information content (AvgIpc) is 2.73. The maximum atomic E-state index is 12.6. The van der Waals surface area contributed by atoms with Crippen LogP contribution in [0.4, 0.5) is 0 Å². The molecule has 1 aliphatic rings. The van der Waals surface area contributed by atoms with Crippen LogP contribution in [0.1, 0.15) is 29.5 Å². The van der Waals surface area contributed by atoms with E-state index in [9.17, 15) is 8.42 Å². The fourth-order valence-electron chi connectivity index (χ4n) is 3.71. The molecule has 2 aromatic rings. The molecule has 0 amide bonds. The van der Waals surface area contributed by atoms with E-state index in [0.717, 1.165) is 29.8 Å². The van der Waals surface area contributed by atoms with Crippen molar-refractivity contribution in [3.05, 3.63) is 63.1 Å². The molecule has 1 aliphatic heterocycles. The zero-order valence-corrected chi connectivity index (χ0v) is 20.1. The Labute approximate surface area is 194 Å². The Bertz CT molecular complexity index is 984. The highest BCUT2D eigenvalue weighted by atomic mass is 35.5. The highest BCUT2D eigenvalue weighted by Gasteiger charge is 2.27. The van der Waals surface area contributed by atoms with E-state index in [4.69, 9.17) is 32.7 Å². The largest absolute Gasteiger partial charge is 0.379 e. The van der Waals surface area contributed by atoms with Gasteiger partial charge >= 0.3 is 0 Å². The Hall–Kier alpha value is -1.19. The van der Waals surface area contributed by atoms with Gasteiger partial charge < -0.3 is 14.4 Å². The van der Waals surface area contributed by atoms with Gasteiger partial charge in [-0.1, -0.05) is 35.3 Å². The first kappa shape index (κ1) is 24.5. The summed E-state index contributed by atoms with van der Waals surface area (Å²) in [4.78, 5) is 2.42. The molecule has 9 heteroatoms. The summed E-state index contributed by atoms with van der Waals surface area (Å²) < 4.78 is 38.2. The van der Waals surface area contributed by atoms with Crippen LogP contribution < -0.4 is 4.72 Å². The Morgan fingerprint density at radius 1 is 1.10 bits per heavy atom. The van der Waals surface area contributed by atoms with Crippen molar-refractivity contribution in [1.82, 2.24) is 9.62 Å². The highest BCUT2D eigenvalue weighted by molar-refractivity contribution is 7.89. The first-order valence-electron chi connectivity index (χ1n) is 10.2. The topological polar surface area (TPSA) is 67.9 Å². The number of likely N-dealkylation sites (N-methyl/N-ethyl adjacent to an activating group) is 1. The molecule has 6 nitrogen and oxygen atoms in total. The molecule has 0 radical (unpaired) electrons. The number of nitrogens with zero attached hydrogens (tertiary/aromatic N) is 1. The Kier molecular flexibility index (Phi) is 8.75. The molecular formula is C22H28Cl2N2O4S. The normalized spacial score (nSPS) is 17.0. The number of halogens is 2. The summed E-state index contributed by atoms with van der Waals surface area (Å²) in [5, 5.41) is 1.26. The molecule has 0 aliphatic carbocycles. The van der Waals surface area contributed by atoms with E-state index in [0.29, 0.717) is 29.9 Å². The Morgan fingerprint density at radius 3 is 2.52 bits per heavy atom. The van der Waals surface area contributed by atoms with E-state index < -0.39 is 10.0 Å². The quantitative estimate of drug-likeness (QED) is 0.515. The lowest BCUT2D eigenvalue weighted by Crippen LogP contribution is -2.31. The second-order valence-corrected chi connectivity index (χ2v) is 10.1. The maximum Gasteiger partial charge on any atom is 0.240 e. The van der Waals surface area contributed by atoms with E-state index in [1.165, 1.54) is 0 Å². The summed E-state index contributed by atoms with van der Waals surface area (Å²) in [6.07, 6.45) is 0. The number of hydrogen-bond acceptors (Lipinski definition) is 5. The minimum Gasteiger partial charge on any atom is -0.379 e. The third-order valence-electron chi connectivity index (χ3n) is 5.20. The van der Waals surface area contributed by atoms with Crippen molar-refractivity contribution < 1.29 is 17.9 Å². The molecule has 1 unspecified atom stereocenters. The van der Waals surface area contributed by atoms with Crippen LogP contribution in [-0.2, 0) is 26.0 Å². The van der Waals surface area contributed by atoms with Crippen LogP contribution in [0.25, 0.3) is 0 Å². The van der Waals surface area contributed by atoms with Gasteiger partial charge in [-0.3, -0.25) is 0 Å². The summed E-state index contributed by atoms with van der Waals surface area (Å²) in [6, 6.07) is 10.7. The molecule has 3 rings (SSSR count). The van der Waals surface area contributed by atoms with Gasteiger partial charge in [0.25, 0.3) is 0 Å². The first-order valence-corrected chi connectivity index (χ1v) is 12.5. The molecule has 0 spiro atoms. The van der Waals surface area contributed by atoms with Crippen molar-refractivity contribution in [3.63, 3.8) is 0 Å². The zero-order valence-electron chi connectivity index (χ0n) is 17.7. The molecule has 0 fully saturated rings. The number of hydrogen-bond donors (Lipinski definition) is 1. The van der Waals surface area contributed by atoms with Gasteiger partial charge in [0, 0.05) is 42.2 Å². The van der Waals surface area contributed by atoms with E-state index in [1.54, 1.807) is 18.2 Å². The first-order chi connectivity index (χ1) is 14.8. The van der Waals surface area contributed by atoms with Crippen molar-refractivity contribution >= 4 is 33.2 Å². The van der Waals surface area contributed by atoms with Crippen molar-refractivity contribution in [2.75, 3.05) is 46.6 Å². The molecule has 1 N–H and O–H groups in total. The Balaban J connectivity index is 1.68. The molecule has 170 valence electrons. The lowest BCUT2D eigenvalue weighted by molar-refractivity contribution is 0.0552. The van der Waals surface area contributed by atoms with Crippen molar-refractivity contribution in [3.8, 4) is 0 Å². The van der Waals surface area contributed by atoms with Gasteiger partial charge in [-0.2, -0.15) is 0 Å². The van der Waals surface area contributed by atoms with E-state index in [2.05, 4.69) is 9.62 Å². The van der Waals surface area contributed by atoms with Gasteiger partial charge in [0.2, 0.25) is 10.0 Å². The summed E-state index contributed by atoms with van der Waals surface area (Å²) in [5.41, 5.74) is 3.17. The SMILES string of the molecule is CCOCCOCCNS(=O)(=O)c1ccc(C2CN(C)Cc3c(Cl)cc(Cl)cc32)cc1. The summed E-state index contributed by atoms with van der Waals surface area (Å²) in [7, 11) is -1.56. The second-order valence-electron chi connectivity index (χ2n) is 7.48. The van der Waals surface area contributed by atoms with Crippen molar-refractivity contribution in [2.24, 2.45) is 0 Å². The van der Waals surface area contributed by atoms with Gasteiger partial charge in [-0.15, -0.1) is 0 Å². The van der Waals surface area contributed by atoms with Crippen LogP contribution >= 0.6 is 23.2 Å². The van der Waals surface area contributed by atoms with Crippen LogP contribution in [0.3, 0.4) is 0 Å². The second kappa shape index (κ2) is 11.1. The number of sulfonamides is 1. The van der Waals surface area contributed by atoms with Crippen LogP contribution in [0, 0.1) is 0 Å². The predicted molar refractivity (Wildman–Crippen MR) is 124 cm³/mol. The third-order valence-corrected chi connectivity index (χ3v) is 7.23. The zero-order chi connectivity index (χ0) is 22.4. The number of rotatable bonds is 10. The highest BCUT2D eigenvalue weighted by Crippen LogP contribution is 2.38. The molecule has 1 heterocycles. The molecule has 1 atom stereocenters. The van der Waals surface area contributed by atoms with Crippen molar-refractivity contribution in [1.29, 1.82) is 0 Å². The fourth-order valence-corrected chi connectivity index (χ4v) is 5.29. The predicted octanol–water partition coefficient (Wildman–Crippen LogP) is 3.90. The summed E-state index contributed by atoms with van der Waals surface area (Å²) in [6.45, 7) is 5.53. The van der Waals surface area contributed by atoms with Crippen LogP contribution in [-0.4, -0.2) is 59.9 Å². The molecule has 31 heavy (non-hydrogen) atoms. The lowest BCUT2D eigenvalue weighted by atomic mass is 9.85. The molecule has 0 saturated carbocycles. The van der Waals surface area contributed by atoms with Crippen molar-refractivity contribution in [2.45, 2.75) is 24.3 Å². The van der Waals surface area contributed by atoms with Gasteiger partial charge in [-0.05, 0) is 54.9 Å². The van der Waals surface area contributed by atoms with Crippen LogP contribution in [0.15, 0.2) is 41.3 Å². The van der Waals surface area contributed by atoms with Gasteiger partial charge in [0.15, 0.2) is 0 Å². The smallest absolute Gasteiger partial charge is 0.240 e. The van der Waals surface area contributed by atoms with E-state index in [-0.39, 0.29) is 24.0 Å². The average molecular weight is 487 g/mol. The molecule has 2 aromatic carbocycles. The summed E-state index contributed by atoms with van der Waals surface area (Å²) >= 11 is 12.7. The Morgan fingerprint density at radius 2 is 1.81 bits per heavy atom.